The van der Waals surface area contributed by atoms with E-state index in [4.69, 9.17) is 0 Å². The first-order valence-electron chi connectivity index (χ1n) is 1.78. The zero-order chi connectivity index (χ0) is 6.99. The Balaban J connectivity index is 0. The lowest BCUT2D eigenvalue weighted by Gasteiger charge is -1.73. The Hall–Kier alpha value is -0.860. The molecule has 0 unspecified atom stereocenters. The van der Waals surface area contributed by atoms with E-state index in [-0.39, 0.29) is 0 Å². The maximum Gasteiger partial charge on any atom is 0.263 e. The molecule has 0 aromatic rings. The highest BCUT2D eigenvalue weighted by Crippen LogP contribution is 1.85. The van der Waals surface area contributed by atoms with E-state index in [1.165, 1.54) is 6.26 Å². The Morgan fingerprint density at radius 2 is 1.75 bits per heavy atom. The maximum absolute atomic E-state index is 10.1. The molecule has 0 radical (unpaired) electrons. The van der Waals surface area contributed by atoms with Gasteiger partial charge >= 0.3 is 0 Å². The molecule has 3 heteroatoms. The molecule has 0 saturated heterocycles. The second-order valence-electron chi connectivity index (χ2n) is 0.741. The zero-order valence-corrected chi connectivity index (χ0v) is 4.66. The van der Waals surface area contributed by atoms with Crippen LogP contribution in [-0.2, 0) is 4.74 Å². The van der Waals surface area contributed by atoms with Crippen molar-refractivity contribution in [2.45, 2.75) is 0 Å². The topological polar surface area (TPSA) is 9.23 Å². The molecule has 0 rings (SSSR count). The van der Waals surface area contributed by atoms with Crippen molar-refractivity contribution in [1.29, 1.82) is 0 Å². The van der Waals surface area contributed by atoms with Crippen LogP contribution in [0.1, 0.15) is 0 Å². The maximum atomic E-state index is 10.1. The SMILES string of the molecule is C=C(F)F.C=COC. The van der Waals surface area contributed by atoms with Gasteiger partial charge in [0.1, 0.15) is 0 Å². The predicted octanol–water partition coefficient (Wildman–Crippen LogP) is 2.17. The first-order valence-corrected chi connectivity index (χ1v) is 1.78. The summed E-state index contributed by atoms with van der Waals surface area (Å²) in [5.74, 6) is 0. The Morgan fingerprint density at radius 3 is 1.75 bits per heavy atom. The minimum Gasteiger partial charge on any atom is -0.505 e. The summed E-state index contributed by atoms with van der Waals surface area (Å²) in [6, 6.07) is 0. The first kappa shape index (κ1) is 10.2. The van der Waals surface area contributed by atoms with Crippen molar-refractivity contribution in [2.24, 2.45) is 0 Å². The van der Waals surface area contributed by atoms with Crippen molar-refractivity contribution in [1.82, 2.24) is 0 Å². The van der Waals surface area contributed by atoms with Crippen LogP contribution >= 0.6 is 0 Å². The molecule has 0 N–H and O–H groups in total. The molecule has 0 aliphatic heterocycles. The predicted molar refractivity (Wildman–Crippen MR) is 28.6 cm³/mol. The van der Waals surface area contributed by atoms with Crippen LogP contribution < -0.4 is 0 Å². The molecule has 0 saturated carbocycles. The third kappa shape index (κ3) is 4490. The lowest BCUT2D eigenvalue weighted by Crippen LogP contribution is -1.54. The minimum absolute atomic E-state index is 1.38. The van der Waals surface area contributed by atoms with Crippen LogP contribution in [0, 0.1) is 0 Å². The lowest BCUT2D eigenvalue weighted by atomic mass is 11.2. The fourth-order valence-electron chi connectivity index (χ4n) is 0. The Bertz CT molecular complexity index is 66.8. The van der Waals surface area contributed by atoms with Gasteiger partial charge in [0.15, 0.2) is 0 Å². The molecule has 1 nitrogen and oxygen atoms in total. The van der Waals surface area contributed by atoms with Crippen molar-refractivity contribution in [2.75, 3.05) is 7.11 Å². The number of hydrogen-bond donors (Lipinski definition) is 0. The van der Waals surface area contributed by atoms with E-state index in [2.05, 4.69) is 17.9 Å². The molecule has 0 spiro atoms. The van der Waals surface area contributed by atoms with Crippen LogP contribution in [0.2, 0.25) is 0 Å². The van der Waals surface area contributed by atoms with Crippen LogP contribution in [-0.4, -0.2) is 7.11 Å². The highest BCUT2D eigenvalue weighted by atomic mass is 19.3. The van der Waals surface area contributed by atoms with Gasteiger partial charge in [-0.1, -0.05) is 6.58 Å². The van der Waals surface area contributed by atoms with Gasteiger partial charge < -0.3 is 4.74 Å². The zero-order valence-electron chi connectivity index (χ0n) is 4.66. The van der Waals surface area contributed by atoms with E-state index in [1.807, 2.05) is 0 Å². The van der Waals surface area contributed by atoms with E-state index in [0.29, 0.717) is 0 Å². The van der Waals surface area contributed by atoms with Crippen LogP contribution in [0.25, 0.3) is 0 Å². The number of methoxy groups -OCH3 is 1. The molecule has 0 aliphatic rings. The van der Waals surface area contributed by atoms with E-state index in [0.717, 1.165) is 0 Å². The Kier molecular flexibility index (Phi) is 12.1. The fourth-order valence-corrected chi connectivity index (χ4v) is 0. The highest BCUT2D eigenvalue weighted by molar-refractivity contribution is 4.57. The summed E-state index contributed by atoms with van der Waals surface area (Å²) in [6.07, 6.45) is -0.458. The van der Waals surface area contributed by atoms with E-state index < -0.39 is 6.08 Å². The third-order valence-electron chi connectivity index (χ3n) is 0.167. The van der Waals surface area contributed by atoms with Gasteiger partial charge in [0, 0.05) is 0 Å². The van der Waals surface area contributed by atoms with Gasteiger partial charge in [0.25, 0.3) is 6.08 Å². The van der Waals surface area contributed by atoms with Gasteiger partial charge in [-0.25, -0.2) is 0 Å². The number of halogens is 2. The van der Waals surface area contributed by atoms with Crippen LogP contribution in [0.3, 0.4) is 0 Å². The van der Waals surface area contributed by atoms with Crippen molar-refractivity contribution in [3.05, 3.63) is 25.5 Å². The lowest BCUT2D eigenvalue weighted by molar-refractivity contribution is 0.339. The molecule has 0 aliphatic carbocycles. The molecule has 0 bridgehead atoms. The van der Waals surface area contributed by atoms with E-state index in [9.17, 15) is 8.78 Å². The standard InChI is InChI=1S/C3H6O.C2H2F2/c1-3-4-2;1-2(3)4/h3H,1H2,2H3;1H2. The molecule has 0 amide bonds. The monoisotopic (exact) mass is 122 g/mol. The summed E-state index contributed by atoms with van der Waals surface area (Å²) in [5.41, 5.74) is 0. The summed E-state index contributed by atoms with van der Waals surface area (Å²) in [6.45, 7) is 5.48. The van der Waals surface area contributed by atoms with Crippen molar-refractivity contribution < 1.29 is 13.5 Å². The Morgan fingerprint density at radius 1 is 1.62 bits per heavy atom. The molecule has 0 fully saturated rings. The molecule has 0 atom stereocenters. The summed E-state index contributed by atoms with van der Waals surface area (Å²) in [4.78, 5) is 0. The summed E-state index contributed by atoms with van der Waals surface area (Å²) >= 11 is 0. The average molecular weight is 122 g/mol. The fraction of sp³-hybridized carbons (Fsp3) is 0.200. The van der Waals surface area contributed by atoms with Crippen LogP contribution in [0.4, 0.5) is 8.78 Å². The van der Waals surface area contributed by atoms with E-state index in [1.54, 1.807) is 7.11 Å². The molecular weight excluding hydrogens is 114 g/mol. The number of hydrogen-bond acceptors (Lipinski definition) is 1. The summed E-state index contributed by atoms with van der Waals surface area (Å²) in [7, 11) is 1.56. The second kappa shape index (κ2) is 9.46. The van der Waals surface area contributed by atoms with Crippen LogP contribution in [0.15, 0.2) is 25.5 Å². The van der Waals surface area contributed by atoms with Crippen molar-refractivity contribution in [3.8, 4) is 0 Å². The molecule has 0 aromatic carbocycles. The highest BCUT2D eigenvalue weighted by Gasteiger charge is 1.65. The Labute approximate surface area is 47.3 Å². The molecule has 8 heavy (non-hydrogen) atoms. The third-order valence-corrected chi connectivity index (χ3v) is 0.167. The molecule has 0 aromatic heterocycles. The van der Waals surface area contributed by atoms with Gasteiger partial charge in [-0.05, 0) is 6.58 Å². The normalized spacial score (nSPS) is 5.88. The van der Waals surface area contributed by atoms with Crippen molar-refractivity contribution >= 4 is 0 Å². The van der Waals surface area contributed by atoms with Gasteiger partial charge in [-0.2, -0.15) is 8.78 Å². The molecule has 0 heterocycles. The van der Waals surface area contributed by atoms with Gasteiger partial charge in [0.2, 0.25) is 0 Å². The van der Waals surface area contributed by atoms with Gasteiger partial charge in [0.05, 0.1) is 13.4 Å². The second-order valence-corrected chi connectivity index (χ2v) is 0.741. The first-order chi connectivity index (χ1) is 3.65. The van der Waals surface area contributed by atoms with Gasteiger partial charge in [-0.3, -0.25) is 0 Å². The summed E-state index contributed by atoms with van der Waals surface area (Å²) in [5, 5.41) is 0. The summed E-state index contributed by atoms with van der Waals surface area (Å²) < 4.78 is 24.6. The molecule has 48 valence electrons. The average Bonchev–Trinajstić information content (AvgIpc) is 1.65. The molecular formula is C5H8F2O. The van der Waals surface area contributed by atoms with Crippen LogP contribution in [0.5, 0.6) is 0 Å². The smallest absolute Gasteiger partial charge is 0.263 e. The van der Waals surface area contributed by atoms with Gasteiger partial charge in [-0.15, -0.1) is 0 Å². The largest absolute Gasteiger partial charge is 0.505 e. The minimum atomic E-state index is -1.83. The quantitative estimate of drug-likeness (QED) is 0.484. The van der Waals surface area contributed by atoms with Crippen molar-refractivity contribution in [3.63, 3.8) is 0 Å². The number of rotatable bonds is 1. The number of ether oxygens (including phenoxy) is 1. The van der Waals surface area contributed by atoms with E-state index >= 15 is 0 Å².